The molecule has 1 amide bonds. The Hall–Kier alpha value is -1.80. The van der Waals surface area contributed by atoms with Crippen molar-refractivity contribution in [3.05, 3.63) is 18.2 Å². The quantitative estimate of drug-likeness (QED) is 0.784. The van der Waals surface area contributed by atoms with Crippen LogP contribution in [0.5, 0.6) is 11.5 Å². The van der Waals surface area contributed by atoms with Crippen LogP contribution >= 0.6 is 0 Å². The van der Waals surface area contributed by atoms with Crippen LogP contribution in [0.4, 0.5) is 0 Å². The Morgan fingerprint density at radius 3 is 2.30 bits per heavy atom. The number of sulfonamides is 1. The summed E-state index contributed by atoms with van der Waals surface area (Å²) in [5.41, 5.74) is 0. The van der Waals surface area contributed by atoms with E-state index in [1.165, 1.54) is 16.4 Å². The van der Waals surface area contributed by atoms with E-state index in [4.69, 9.17) is 9.47 Å². The monoisotopic (exact) mass is 394 g/mol. The highest BCUT2D eigenvalue weighted by molar-refractivity contribution is 7.89. The molecule has 2 saturated heterocycles. The first-order chi connectivity index (χ1) is 13.1. The van der Waals surface area contributed by atoms with Crippen LogP contribution in [0, 0.1) is 0 Å². The van der Waals surface area contributed by atoms with Gasteiger partial charge in [-0.2, -0.15) is 4.31 Å². The maximum absolute atomic E-state index is 12.7. The number of hydrogen-bond acceptors (Lipinski definition) is 5. The van der Waals surface area contributed by atoms with Crippen LogP contribution in [-0.4, -0.2) is 62.4 Å². The van der Waals surface area contributed by atoms with Crippen LogP contribution in [0.3, 0.4) is 0 Å². The smallest absolute Gasteiger partial charge is 0.267 e. The second kappa shape index (κ2) is 7.67. The second-order valence-corrected chi connectivity index (χ2v) is 9.31. The molecule has 148 valence electrons. The van der Waals surface area contributed by atoms with Crippen LogP contribution in [0.1, 0.15) is 38.5 Å². The lowest BCUT2D eigenvalue weighted by Crippen LogP contribution is -2.46. The van der Waals surface area contributed by atoms with Gasteiger partial charge in [0.25, 0.3) is 5.91 Å². The van der Waals surface area contributed by atoms with Gasteiger partial charge >= 0.3 is 0 Å². The molecule has 0 N–H and O–H groups in total. The van der Waals surface area contributed by atoms with Gasteiger partial charge < -0.3 is 14.4 Å². The number of carbonyl (C=O) groups excluding carboxylic acids is 1. The Labute approximate surface area is 160 Å². The topological polar surface area (TPSA) is 76.2 Å². The zero-order chi connectivity index (χ0) is 18.9. The summed E-state index contributed by atoms with van der Waals surface area (Å²) in [6.45, 7) is 2.75. The van der Waals surface area contributed by atoms with E-state index in [1.807, 2.05) is 4.90 Å². The predicted molar refractivity (Wildman–Crippen MR) is 99.4 cm³/mol. The highest BCUT2D eigenvalue weighted by Crippen LogP contribution is 2.35. The number of rotatable bonds is 3. The molecule has 0 aromatic heterocycles. The van der Waals surface area contributed by atoms with Gasteiger partial charge in [-0.3, -0.25) is 4.79 Å². The number of fused-ring (bicyclic) bond motifs is 1. The Balaban J connectivity index is 1.48. The SMILES string of the molecule is O=C([C@H]1COc2cc(S(=O)(=O)N3CCCC3)ccc2O1)N1CCCCCC1. The molecule has 3 aliphatic heterocycles. The third-order valence-electron chi connectivity index (χ3n) is 5.47. The Morgan fingerprint density at radius 2 is 1.59 bits per heavy atom. The summed E-state index contributed by atoms with van der Waals surface area (Å²) in [5, 5.41) is 0. The van der Waals surface area contributed by atoms with Crippen molar-refractivity contribution in [2.45, 2.75) is 49.5 Å². The summed E-state index contributed by atoms with van der Waals surface area (Å²) in [7, 11) is -3.50. The molecule has 3 aliphatic rings. The highest BCUT2D eigenvalue weighted by atomic mass is 32.2. The van der Waals surface area contributed by atoms with Crippen LogP contribution in [0.15, 0.2) is 23.1 Å². The lowest BCUT2D eigenvalue weighted by Gasteiger charge is -2.30. The molecule has 1 atom stereocenters. The van der Waals surface area contributed by atoms with Crippen molar-refractivity contribution in [2.24, 2.45) is 0 Å². The van der Waals surface area contributed by atoms with Crippen molar-refractivity contribution in [1.29, 1.82) is 0 Å². The van der Waals surface area contributed by atoms with E-state index in [0.29, 0.717) is 24.6 Å². The Bertz CT molecular complexity index is 796. The lowest BCUT2D eigenvalue weighted by atomic mass is 10.2. The van der Waals surface area contributed by atoms with Gasteiger partial charge in [-0.25, -0.2) is 8.42 Å². The van der Waals surface area contributed by atoms with Gasteiger partial charge in [-0.05, 0) is 37.8 Å². The van der Waals surface area contributed by atoms with E-state index in [-0.39, 0.29) is 17.4 Å². The second-order valence-electron chi connectivity index (χ2n) is 7.38. The predicted octanol–water partition coefficient (Wildman–Crippen LogP) is 2.01. The minimum atomic E-state index is -3.50. The van der Waals surface area contributed by atoms with Gasteiger partial charge in [0.1, 0.15) is 6.61 Å². The summed E-state index contributed by atoms with van der Waals surface area (Å²) in [5.74, 6) is 0.765. The highest BCUT2D eigenvalue weighted by Gasteiger charge is 2.33. The van der Waals surface area contributed by atoms with Gasteiger partial charge in [0.15, 0.2) is 11.5 Å². The third-order valence-corrected chi connectivity index (χ3v) is 7.37. The van der Waals surface area contributed by atoms with Crippen LogP contribution in [-0.2, 0) is 14.8 Å². The molecule has 7 nitrogen and oxygen atoms in total. The van der Waals surface area contributed by atoms with E-state index in [1.54, 1.807) is 6.07 Å². The normalized spacial score (nSPS) is 23.9. The first kappa shape index (κ1) is 18.6. The first-order valence-electron chi connectivity index (χ1n) is 9.78. The molecule has 1 aromatic carbocycles. The first-order valence-corrected chi connectivity index (χ1v) is 11.2. The van der Waals surface area contributed by atoms with Crippen molar-refractivity contribution >= 4 is 15.9 Å². The number of amides is 1. The Morgan fingerprint density at radius 1 is 0.926 bits per heavy atom. The number of ether oxygens (including phenoxy) is 2. The van der Waals surface area contributed by atoms with Crippen molar-refractivity contribution in [3.8, 4) is 11.5 Å². The molecule has 0 unspecified atom stereocenters. The number of benzene rings is 1. The van der Waals surface area contributed by atoms with E-state index >= 15 is 0 Å². The summed E-state index contributed by atoms with van der Waals surface area (Å²) in [4.78, 5) is 14.8. The minimum absolute atomic E-state index is 0.0451. The molecule has 3 heterocycles. The largest absolute Gasteiger partial charge is 0.485 e. The van der Waals surface area contributed by atoms with Crippen LogP contribution in [0.25, 0.3) is 0 Å². The number of carbonyl (C=O) groups is 1. The molecule has 1 aromatic rings. The van der Waals surface area contributed by atoms with Crippen molar-refractivity contribution in [2.75, 3.05) is 32.8 Å². The Kier molecular flexibility index (Phi) is 5.27. The van der Waals surface area contributed by atoms with Crippen LogP contribution in [0.2, 0.25) is 0 Å². The number of hydrogen-bond donors (Lipinski definition) is 0. The lowest BCUT2D eigenvalue weighted by molar-refractivity contribution is -0.141. The van der Waals surface area contributed by atoms with Crippen molar-refractivity contribution < 1.29 is 22.7 Å². The molecule has 0 spiro atoms. The molecule has 8 heteroatoms. The van der Waals surface area contributed by atoms with E-state index in [2.05, 4.69) is 0 Å². The zero-order valence-electron chi connectivity index (χ0n) is 15.4. The van der Waals surface area contributed by atoms with Crippen LogP contribution < -0.4 is 9.47 Å². The summed E-state index contributed by atoms with van der Waals surface area (Å²) >= 11 is 0. The molecule has 2 fully saturated rings. The fraction of sp³-hybridized carbons (Fsp3) is 0.632. The molecule has 4 rings (SSSR count). The van der Waals surface area contributed by atoms with Gasteiger partial charge in [0.2, 0.25) is 16.1 Å². The molecule has 0 aliphatic carbocycles. The van der Waals surface area contributed by atoms with Crippen molar-refractivity contribution in [3.63, 3.8) is 0 Å². The summed E-state index contributed by atoms with van der Waals surface area (Å²) < 4.78 is 38.5. The average Bonchev–Trinajstić information content (AvgIpc) is 3.10. The van der Waals surface area contributed by atoms with E-state index < -0.39 is 16.1 Å². The standard InChI is InChI=1S/C19H26N2O5S/c22-19(20-9-3-1-2-4-10-20)18-14-25-17-13-15(7-8-16(17)26-18)27(23,24)21-11-5-6-12-21/h7-8,13,18H,1-6,9-12,14H2/t18-/m1/s1. The van der Waals surface area contributed by atoms with Crippen molar-refractivity contribution in [1.82, 2.24) is 9.21 Å². The average molecular weight is 394 g/mol. The summed E-state index contributed by atoms with van der Waals surface area (Å²) in [6.07, 6.45) is 5.47. The molecular weight excluding hydrogens is 368 g/mol. The molecule has 27 heavy (non-hydrogen) atoms. The zero-order valence-corrected chi connectivity index (χ0v) is 16.2. The minimum Gasteiger partial charge on any atom is -0.485 e. The molecule has 0 bridgehead atoms. The maximum atomic E-state index is 12.7. The maximum Gasteiger partial charge on any atom is 0.267 e. The third kappa shape index (κ3) is 3.78. The van der Waals surface area contributed by atoms with Gasteiger partial charge in [0, 0.05) is 32.2 Å². The molecule has 0 radical (unpaired) electrons. The fourth-order valence-electron chi connectivity index (χ4n) is 3.91. The molecular formula is C19H26N2O5S. The number of nitrogens with zero attached hydrogens (tertiary/aromatic N) is 2. The van der Waals surface area contributed by atoms with E-state index in [0.717, 1.165) is 51.6 Å². The van der Waals surface area contributed by atoms with E-state index in [9.17, 15) is 13.2 Å². The fourth-order valence-corrected chi connectivity index (χ4v) is 5.44. The van der Waals surface area contributed by atoms with Gasteiger partial charge in [-0.15, -0.1) is 0 Å². The van der Waals surface area contributed by atoms with Gasteiger partial charge in [-0.1, -0.05) is 12.8 Å². The molecule has 0 saturated carbocycles. The number of likely N-dealkylation sites (tertiary alicyclic amines) is 1. The van der Waals surface area contributed by atoms with Gasteiger partial charge in [0.05, 0.1) is 4.90 Å². The summed E-state index contributed by atoms with van der Waals surface area (Å²) in [6, 6.07) is 4.64.